The fraction of sp³-hybridized carbons (Fsp3) is 0.625. The molecule has 24 heavy (non-hydrogen) atoms. The summed E-state index contributed by atoms with van der Waals surface area (Å²) in [5.41, 5.74) is 0.666. The number of ether oxygens (including phenoxy) is 2. The smallest absolute Gasteiger partial charge is 0.327 e. The first-order chi connectivity index (χ1) is 11.8. The van der Waals surface area contributed by atoms with Gasteiger partial charge in [-0.15, -0.1) is 0 Å². The van der Waals surface area contributed by atoms with E-state index in [1.165, 1.54) is 13.5 Å². The summed E-state index contributed by atoms with van der Waals surface area (Å²) < 4.78 is 11.9. The molecular formula is C16H21N5O3. The van der Waals surface area contributed by atoms with E-state index in [-0.39, 0.29) is 12.5 Å². The third kappa shape index (κ3) is 2.60. The van der Waals surface area contributed by atoms with Crippen molar-refractivity contribution in [3.63, 3.8) is 0 Å². The molecule has 0 N–H and O–H groups in total. The number of esters is 1. The van der Waals surface area contributed by atoms with Gasteiger partial charge in [0.05, 0.1) is 25.3 Å². The van der Waals surface area contributed by atoms with E-state index in [1.807, 2.05) is 0 Å². The summed E-state index contributed by atoms with van der Waals surface area (Å²) in [6.45, 7) is 2.66. The summed E-state index contributed by atoms with van der Waals surface area (Å²) in [6, 6.07) is 0.453. The molecule has 0 spiro atoms. The van der Waals surface area contributed by atoms with E-state index >= 15 is 0 Å². The number of fused-ring (bicyclic) bond motifs is 2. The zero-order valence-electron chi connectivity index (χ0n) is 13.7. The molecule has 8 nitrogen and oxygen atoms in total. The summed E-state index contributed by atoms with van der Waals surface area (Å²) in [6.07, 6.45) is 6.66. The molecule has 2 aliphatic heterocycles. The number of hydrogen-bond donors (Lipinski definition) is 0. The monoisotopic (exact) mass is 331 g/mol. The number of carbonyl (C=O) groups is 1. The minimum absolute atomic E-state index is 0.0519. The molecule has 2 aromatic heterocycles. The predicted octanol–water partition coefficient (Wildman–Crippen LogP) is 1.00. The Bertz CT molecular complexity index is 744. The lowest BCUT2D eigenvalue weighted by molar-refractivity contribution is -0.141. The van der Waals surface area contributed by atoms with Crippen LogP contribution < -0.4 is 4.90 Å². The molecule has 0 saturated carbocycles. The Kier molecular flexibility index (Phi) is 4.05. The van der Waals surface area contributed by atoms with Crippen molar-refractivity contribution in [2.24, 2.45) is 5.92 Å². The molecule has 4 rings (SSSR count). The second-order valence-corrected chi connectivity index (χ2v) is 6.34. The van der Waals surface area contributed by atoms with E-state index < -0.39 is 0 Å². The Morgan fingerprint density at radius 1 is 1.42 bits per heavy atom. The van der Waals surface area contributed by atoms with Gasteiger partial charge in [-0.2, -0.15) is 5.10 Å². The van der Waals surface area contributed by atoms with Crippen LogP contribution in [0.4, 0.5) is 5.82 Å². The Labute approximate surface area is 139 Å². The standard InChI is InChI=1S/C16H21N5O3/c1-23-14(22)8-21-16-12(7-19-21)15(17-10-18-16)20-5-2-3-11-9-24-6-4-13(11)20/h7,10-11,13H,2-6,8-9H2,1H3/t11-,13+/m1/s1. The van der Waals surface area contributed by atoms with Crippen molar-refractivity contribution in [2.45, 2.75) is 31.8 Å². The second-order valence-electron chi connectivity index (χ2n) is 6.34. The maximum Gasteiger partial charge on any atom is 0.327 e. The molecule has 0 bridgehead atoms. The third-order valence-corrected chi connectivity index (χ3v) is 5.00. The van der Waals surface area contributed by atoms with Gasteiger partial charge in [-0.25, -0.2) is 14.6 Å². The number of methoxy groups -OCH3 is 1. The Morgan fingerprint density at radius 2 is 2.33 bits per heavy atom. The topological polar surface area (TPSA) is 82.4 Å². The number of rotatable bonds is 3. The first kappa shape index (κ1) is 15.3. The molecule has 2 saturated heterocycles. The molecule has 2 atom stereocenters. The van der Waals surface area contributed by atoms with Gasteiger partial charge in [0, 0.05) is 25.1 Å². The van der Waals surface area contributed by atoms with Crippen LogP contribution in [0.2, 0.25) is 0 Å². The highest BCUT2D eigenvalue weighted by Gasteiger charge is 2.35. The van der Waals surface area contributed by atoms with Crippen LogP contribution in [0, 0.1) is 5.92 Å². The summed E-state index contributed by atoms with van der Waals surface area (Å²) in [7, 11) is 1.37. The highest BCUT2D eigenvalue weighted by atomic mass is 16.5. The van der Waals surface area contributed by atoms with Crippen molar-refractivity contribution in [3.8, 4) is 0 Å². The van der Waals surface area contributed by atoms with Crippen molar-refractivity contribution in [2.75, 3.05) is 31.8 Å². The highest BCUT2D eigenvalue weighted by Crippen LogP contribution is 2.34. The first-order valence-corrected chi connectivity index (χ1v) is 8.35. The van der Waals surface area contributed by atoms with Crippen molar-refractivity contribution in [3.05, 3.63) is 12.5 Å². The summed E-state index contributed by atoms with van der Waals surface area (Å²) in [4.78, 5) is 22.8. The number of piperidine rings is 1. The van der Waals surface area contributed by atoms with Gasteiger partial charge in [-0.1, -0.05) is 0 Å². The number of anilines is 1. The van der Waals surface area contributed by atoms with Crippen molar-refractivity contribution in [1.82, 2.24) is 19.7 Å². The van der Waals surface area contributed by atoms with Crippen LogP contribution in [-0.4, -0.2) is 58.6 Å². The Balaban J connectivity index is 1.70. The van der Waals surface area contributed by atoms with Gasteiger partial charge in [0.2, 0.25) is 0 Å². The number of aromatic nitrogens is 4. The number of nitrogens with zero attached hydrogens (tertiary/aromatic N) is 5. The molecule has 8 heteroatoms. The van der Waals surface area contributed by atoms with E-state index in [0.29, 0.717) is 17.6 Å². The predicted molar refractivity (Wildman–Crippen MR) is 86.6 cm³/mol. The minimum Gasteiger partial charge on any atom is -0.468 e. The Morgan fingerprint density at radius 3 is 3.21 bits per heavy atom. The summed E-state index contributed by atoms with van der Waals surface area (Å²) in [5.74, 6) is 1.12. The largest absolute Gasteiger partial charge is 0.468 e. The zero-order chi connectivity index (χ0) is 16.5. The quantitative estimate of drug-likeness (QED) is 0.776. The minimum atomic E-state index is -0.345. The average molecular weight is 331 g/mol. The van der Waals surface area contributed by atoms with Crippen LogP contribution in [-0.2, 0) is 20.8 Å². The molecule has 2 aliphatic rings. The molecule has 0 amide bonds. The number of hydrogen-bond acceptors (Lipinski definition) is 7. The van der Waals surface area contributed by atoms with Gasteiger partial charge in [0.25, 0.3) is 0 Å². The fourth-order valence-corrected chi connectivity index (χ4v) is 3.84. The molecule has 0 aliphatic carbocycles. The van der Waals surface area contributed by atoms with E-state index in [0.717, 1.165) is 43.8 Å². The molecule has 128 valence electrons. The summed E-state index contributed by atoms with van der Waals surface area (Å²) in [5, 5.41) is 5.19. The lowest BCUT2D eigenvalue weighted by Gasteiger charge is -2.44. The fourth-order valence-electron chi connectivity index (χ4n) is 3.84. The van der Waals surface area contributed by atoms with Crippen LogP contribution >= 0.6 is 0 Å². The lowest BCUT2D eigenvalue weighted by atomic mass is 9.86. The SMILES string of the molecule is COC(=O)Cn1ncc2c(N3CCC[C@@H]4COCC[C@@H]43)ncnc21. The maximum absolute atomic E-state index is 11.5. The highest BCUT2D eigenvalue weighted by molar-refractivity contribution is 5.87. The lowest BCUT2D eigenvalue weighted by Crippen LogP contribution is -2.50. The van der Waals surface area contributed by atoms with Gasteiger partial charge < -0.3 is 14.4 Å². The molecule has 4 heterocycles. The van der Waals surface area contributed by atoms with Crippen LogP contribution in [0.25, 0.3) is 11.0 Å². The van der Waals surface area contributed by atoms with E-state index in [4.69, 9.17) is 9.47 Å². The van der Waals surface area contributed by atoms with Crippen molar-refractivity contribution >= 4 is 22.8 Å². The van der Waals surface area contributed by atoms with E-state index in [1.54, 1.807) is 17.2 Å². The van der Waals surface area contributed by atoms with Gasteiger partial charge >= 0.3 is 5.97 Å². The maximum atomic E-state index is 11.5. The van der Waals surface area contributed by atoms with Crippen LogP contribution in [0.3, 0.4) is 0 Å². The van der Waals surface area contributed by atoms with Crippen molar-refractivity contribution < 1.29 is 14.3 Å². The normalized spacial score (nSPS) is 24.0. The Hall–Kier alpha value is -2.22. The van der Waals surface area contributed by atoms with E-state index in [2.05, 4.69) is 20.0 Å². The van der Waals surface area contributed by atoms with Gasteiger partial charge in [0.15, 0.2) is 5.65 Å². The second kappa shape index (κ2) is 6.35. The van der Waals surface area contributed by atoms with E-state index in [9.17, 15) is 4.79 Å². The van der Waals surface area contributed by atoms with Gasteiger partial charge in [-0.3, -0.25) is 4.79 Å². The molecule has 0 unspecified atom stereocenters. The van der Waals surface area contributed by atoms with Crippen LogP contribution in [0.1, 0.15) is 19.3 Å². The molecule has 0 radical (unpaired) electrons. The summed E-state index contributed by atoms with van der Waals surface area (Å²) >= 11 is 0. The van der Waals surface area contributed by atoms with Crippen LogP contribution in [0.5, 0.6) is 0 Å². The van der Waals surface area contributed by atoms with Gasteiger partial charge in [-0.05, 0) is 19.3 Å². The van der Waals surface area contributed by atoms with Crippen molar-refractivity contribution in [1.29, 1.82) is 0 Å². The molecule has 0 aromatic carbocycles. The number of carbonyl (C=O) groups excluding carboxylic acids is 1. The molecular weight excluding hydrogens is 310 g/mol. The average Bonchev–Trinajstić information content (AvgIpc) is 3.04. The molecule has 2 aromatic rings. The van der Waals surface area contributed by atoms with Gasteiger partial charge in [0.1, 0.15) is 18.7 Å². The first-order valence-electron chi connectivity index (χ1n) is 8.35. The molecule has 2 fully saturated rings. The zero-order valence-corrected chi connectivity index (χ0v) is 13.7. The third-order valence-electron chi connectivity index (χ3n) is 5.00. The van der Waals surface area contributed by atoms with Crippen LogP contribution in [0.15, 0.2) is 12.5 Å².